The van der Waals surface area contributed by atoms with E-state index in [0.29, 0.717) is 13.0 Å². The minimum absolute atomic E-state index is 0.103. The molecular weight excluding hydrogens is 364 g/mol. The third-order valence-electron chi connectivity index (χ3n) is 4.70. The number of hydrogen-bond acceptors (Lipinski definition) is 5. The second-order valence-corrected chi connectivity index (χ2v) is 6.40. The van der Waals surface area contributed by atoms with E-state index in [1.165, 1.54) is 29.3 Å². The van der Waals surface area contributed by atoms with Crippen molar-refractivity contribution >= 4 is 23.5 Å². The number of nitrogens with zero attached hydrogens (tertiary/aromatic N) is 2. The molecule has 10 heteroatoms. The summed E-state index contributed by atoms with van der Waals surface area (Å²) >= 11 is 0. The largest absolute Gasteiger partial charge is 0.489 e. The van der Waals surface area contributed by atoms with E-state index in [2.05, 4.69) is 5.10 Å². The molecule has 0 radical (unpaired) electrons. The fourth-order valence-corrected chi connectivity index (χ4v) is 3.54. The average molecular weight is 380 g/mol. The molecule has 1 saturated heterocycles. The summed E-state index contributed by atoms with van der Waals surface area (Å²) in [5, 5.41) is 24.2. The first-order valence-corrected chi connectivity index (χ1v) is 8.51. The van der Waals surface area contributed by atoms with Gasteiger partial charge in [0.2, 0.25) is 0 Å². The summed E-state index contributed by atoms with van der Waals surface area (Å²) in [5.74, 6) is -0.103. The molecule has 0 saturated carbocycles. The lowest BCUT2D eigenvalue weighted by Gasteiger charge is -2.24. The molecule has 0 aliphatic carbocycles. The van der Waals surface area contributed by atoms with E-state index in [1.54, 1.807) is 0 Å². The lowest BCUT2D eigenvalue weighted by molar-refractivity contribution is -0.137. The Labute approximate surface area is 152 Å². The zero-order valence-electron chi connectivity index (χ0n) is 14.1. The molecule has 2 N–H and O–H groups in total. The number of ether oxygens (including phenoxy) is 1. The summed E-state index contributed by atoms with van der Waals surface area (Å²) in [7, 11) is -2.14. The van der Waals surface area contributed by atoms with Crippen LogP contribution in [0, 0.1) is 0 Å². The summed E-state index contributed by atoms with van der Waals surface area (Å²) in [4.78, 5) is 0. The van der Waals surface area contributed by atoms with Crippen LogP contribution >= 0.6 is 0 Å². The first-order valence-electron chi connectivity index (χ1n) is 8.51. The van der Waals surface area contributed by atoms with Crippen LogP contribution in [0.3, 0.4) is 0 Å². The molecule has 6 nitrogen and oxygen atoms in total. The summed E-state index contributed by atoms with van der Waals surface area (Å²) in [6.07, 6.45) is -0.292. The van der Waals surface area contributed by atoms with Crippen LogP contribution in [0.15, 0.2) is 35.1 Å². The zero-order valence-corrected chi connectivity index (χ0v) is 14.1. The number of furan rings is 1. The van der Waals surface area contributed by atoms with Gasteiger partial charge in [-0.05, 0) is 37.5 Å². The number of halogens is 3. The number of hydrogen-bond donors (Lipinski definition) is 2. The second kappa shape index (κ2) is 6.70. The van der Waals surface area contributed by atoms with Crippen molar-refractivity contribution in [1.29, 1.82) is 0 Å². The molecule has 0 amide bonds. The predicted octanol–water partition coefficient (Wildman–Crippen LogP) is 2.69. The van der Waals surface area contributed by atoms with Crippen LogP contribution in [0.5, 0.6) is 0 Å². The van der Waals surface area contributed by atoms with E-state index in [0.717, 1.165) is 18.9 Å². The maximum atomic E-state index is 13.8. The average Bonchev–Trinajstić information content (AvgIpc) is 3.29. The van der Waals surface area contributed by atoms with Gasteiger partial charge in [-0.1, -0.05) is 0 Å². The maximum absolute atomic E-state index is 13.8. The van der Waals surface area contributed by atoms with Gasteiger partial charge in [0.05, 0.1) is 23.5 Å². The van der Waals surface area contributed by atoms with Crippen molar-refractivity contribution in [2.45, 2.75) is 31.7 Å². The second-order valence-electron chi connectivity index (χ2n) is 6.40. The Morgan fingerprint density at radius 2 is 2.07 bits per heavy atom. The number of benzene rings is 1. The van der Waals surface area contributed by atoms with Gasteiger partial charge in [0.25, 0.3) is 0 Å². The molecule has 1 aliphatic rings. The Morgan fingerprint density at radius 1 is 1.26 bits per heavy atom. The lowest BCUT2D eigenvalue weighted by atomic mass is 9.73. The molecular formula is C17H16BF3N2O4. The van der Waals surface area contributed by atoms with Crippen LogP contribution in [-0.2, 0) is 10.9 Å². The summed E-state index contributed by atoms with van der Waals surface area (Å²) in [6.45, 7) is 0.498. The molecule has 3 aromatic rings. The lowest BCUT2D eigenvalue weighted by Crippen LogP contribution is -2.34. The molecule has 0 bridgehead atoms. The SMILES string of the molecule is OB(O)c1c(-c2ccco2)c(C(F)(F)F)cc2c1cnn2C1CCCCO1. The third kappa shape index (κ3) is 3.13. The Balaban J connectivity index is 2.03. The smallest absolute Gasteiger partial charge is 0.464 e. The number of alkyl halides is 3. The zero-order chi connectivity index (χ0) is 19.2. The first kappa shape index (κ1) is 18.1. The van der Waals surface area contributed by atoms with Crippen LogP contribution in [0.25, 0.3) is 22.2 Å². The van der Waals surface area contributed by atoms with E-state index >= 15 is 0 Å². The van der Waals surface area contributed by atoms with Crippen LogP contribution in [0.1, 0.15) is 31.1 Å². The van der Waals surface area contributed by atoms with Gasteiger partial charge in [-0.3, -0.25) is 0 Å². The van der Waals surface area contributed by atoms with E-state index in [9.17, 15) is 23.2 Å². The molecule has 142 valence electrons. The Kier molecular flexibility index (Phi) is 4.49. The molecule has 4 rings (SSSR count). The maximum Gasteiger partial charge on any atom is 0.489 e. The van der Waals surface area contributed by atoms with Gasteiger partial charge in [0.1, 0.15) is 5.76 Å². The van der Waals surface area contributed by atoms with E-state index in [1.807, 2.05) is 0 Å². The standard InChI is InChI=1S/C17H16BF3N2O4/c19-17(20,21)11-8-12-10(9-22-23(12)14-5-1-2-6-27-14)16(18(24)25)15(11)13-4-3-7-26-13/h3-4,7-9,14,24-25H,1-2,5-6H2. The molecule has 1 atom stereocenters. The summed E-state index contributed by atoms with van der Waals surface area (Å²) in [5.41, 5.74) is -1.59. The van der Waals surface area contributed by atoms with Crippen molar-refractivity contribution in [2.24, 2.45) is 0 Å². The van der Waals surface area contributed by atoms with Crippen molar-refractivity contribution in [3.05, 3.63) is 36.2 Å². The predicted molar refractivity (Wildman–Crippen MR) is 91.1 cm³/mol. The van der Waals surface area contributed by atoms with E-state index in [-0.39, 0.29) is 22.1 Å². The fourth-order valence-electron chi connectivity index (χ4n) is 3.54. The fraction of sp³-hybridized carbons (Fsp3) is 0.353. The van der Waals surface area contributed by atoms with Gasteiger partial charge in [0.15, 0.2) is 6.23 Å². The van der Waals surface area contributed by atoms with E-state index in [4.69, 9.17) is 9.15 Å². The minimum Gasteiger partial charge on any atom is -0.464 e. The van der Waals surface area contributed by atoms with Crippen molar-refractivity contribution in [1.82, 2.24) is 9.78 Å². The highest BCUT2D eigenvalue weighted by Gasteiger charge is 2.39. The highest BCUT2D eigenvalue weighted by Crippen LogP contribution is 2.39. The number of rotatable bonds is 3. The summed E-state index contributed by atoms with van der Waals surface area (Å²) < 4.78 is 53.6. The highest BCUT2D eigenvalue weighted by atomic mass is 19.4. The van der Waals surface area contributed by atoms with Crippen LogP contribution in [0.2, 0.25) is 0 Å². The number of aromatic nitrogens is 2. The topological polar surface area (TPSA) is 80.7 Å². The van der Waals surface area contributed by atoms with Crippen molar-refractivity contribution < 1.29 is 32.4 Å². The Morgan fingerprint density at radius 3 is 2.67 bits per heavy atom. The van der Waals surface area contributed by atoms with Gasteiger partial charge in [0, 0.05) is 23.0 Å². The van der Waals surface area contributed by atoms with Gasteiger partial charge < -0.3 is 19.2 Å². The van der Waals surface area contributed by atoms with Crippen LogP contribution in [-0.4, -0.2) is 33.6 Å². The van der Waals surface area contributed by atoms with E-state index < -0.39 is 30.6 Å². The summed E-state index contributed by atoms with van der Waals surface area (Å²) in [6, 6.07) is 3.74. The number of fused-ring (bicyclic) bond motifs is 1. The molecule has 27 heavy (non-hydrogen) atoms. The normalized spacial score (nSPS) is 18.2. The van der Waals surface area contributed by atoms with Crippen molar-refractivity contribution in [3.63, 3.8) is 0 Å². The molecule has 1 aliphatic heterocycles. The van der Waals surface area contributed by atoms with Gasteiger partial charge >= 0.3 is 13.3 Å². The quantitative estimate of drug-likeness (QED) is 0.683. The van der Waals surface area contributed by atoms with Crippen LogP contribution in [0.4, 0.5) is 13.2 Å². The van der Waals surface area contributed by atoms with Gasteiger partial charge in [-0.25, -0.2) is 4.68 Å². The highest BCUT2D eigenvalue weighted by molar-refractivity contribution is 6.64. The molecule has 1 fully saturated rings. The van der Waals surface area contributed by atoms with Crippen LogP contribution < -0.4 is 5.46 Å². The molecule has 1 unspecified atom stereocenters. The molecule has 1 aromatic carbocycles. The van der Waals surface area contributed by atoms with Crippen molar-refractivity contribution in [3.8, 4) is 11.3 Å². The Bertz CT molecular complexity index is 947. The minimum atomic E-state index is -4.73. The van der Waals surface area contributed by atoms with Gasteiger partial charge in [-0.2, -0.15) is 18.3 Å². The van der Waals surface area contributed by atoms with Crippen molar-refractivity contribution in [2.75, 3.05) is 6.61 Å². The molecule has 3 heterocycles. The van der Waals surface area contributed by atoms with Gasteiger partial charge in [-0.15, -0.1) is 0 Å². The third-order valence-corrected chi connectivity index (χ3v) is 4.70. The first-order chi connectivity index (χ1) is 12.9. The molecule has 2 aromatic heterocycles. The Hall–Kier alpha value is -2.30. The monoisotopic (exact) mass is 380 g/mol. The molecule has 0 spiro atoms.